The number of rotatable bonds is 3. The fourth-order valence-corrected chi connectivity index (χ4v) is 1.52. The normalized spacial score (nSPS) is 10.2. The quantitative estimate of drug-likeness (QED) is 0.871. The molecule has 0 aromatic heterocycles. The summed E-state index contributed by atoms with van der Waals surface area (Å²) in [4.78, 5) is 10.7. The van der Waals surface area contributed by atoms with Gasteiger partial charge in [0.25, 0.3) is 0 Å². The van der Waals surface area contributed by atoms with Crippen LogP contribution in [0.4, 0.5) is 0 Å². The lowest BCUT2D eigenvalue weighted by Gasteiger charge is -1.97. The molecule has 1 aromatic carbocycles. The van der Waals surface area contributed by atoms with Gasteiger partial charge in [0, 0.05) is 12.7 Å². The van der Waals surface area contributed by atoms with E-state index in [1.165, 1.54) is 24.8 Å². The number of hydrogen-bond acceptors (Lipinski definition) is 4. The lowest BCUT2D eigenvalue weighted by Crippen LogP contribution is -1.82. The Hall–Kier alpha value is -1.73. The molecule has 0 atom stereocenters. The fourth-order valence-electron chi connectivity index (χ4n) is 1.10. The Kier molecular flexibility index (Phi) is 4.62. The summed E-state index contributed by atoms with van der Waals surface area (Å²) in [5, 5.41) is 18.1. The molecule has 0 aliphatic rings. The van der Waals surface area contributed by atoms with E-state index in [2.05, 4.69) is 0 Å². The van der Waals surface area contributed by atoms with E-state index in [1.54, 1.807) is 12.1 Å². The van der Waals surface area contributed by atoms with Gasteiger partial charge in [0.05, 0.1) is 5.56 Å². The van der Waals surface area contributed by atoms with Crippen molar-refractivity contribution in [2.75, 3.05) is 5.75 Å². The SMILES string of the molecule is CC(=O)SCC=Cc1ccc(O)c(C#N)c1. The molecule has 0 spiro atoms. The molecule has 0 heterocycles. The molecule has 0 saturated carbocycles. The Morgan fingerprint density at radius 2 is 2.38 bits per heavy atom. The predicted octanol–water partition coefficient (Wildman–Crippen LogP) is 2.56. The smallest absolute Gasteiger partial charge is 0.186 e. The number of phenolic OH excluding ortho intramolecular Hbond substituents is 1. The van der Waals surface area contributed by atoms with Crippen molar-refractivity contribution >= 4 is 23.0 Å². The third kappa shape index (κ3) is 3.79. The van der Waals surface area contributed by atoms with Gasteiger partial charge in [-0.1, -0.05) is 30.0 Å². The van der Waals surface area contributed by atoms with Gasteiger partial charge in [0.2, 0.25) is 0 Å². The van der Waals surface area contributed by atoms with Gasteiger partial charge < -0.3 is 5.11 Å². The molecule has 0 unspecified atom stereocenters. The summed E-state index contributed by atoms with van der Waals surface area (Å²) in [6.07, 6.45) is 3.66. The Bertz CT molecular complexity index is 461. The van der Waals surface area contributed by atoms with Crippen molar-refractivity contribution in [1.29, 1.82) is 5.26 Å². The Morgan fingerprint density at radius 1 is 1.62 bits per heavy atom. The second-order valence-corrected chi connectivity index (χ2v) is 4.29. The van der Waals surface area contributed by atoms with E-state index < -0.39 is 0 Å². The summed E-state index contributed by atoms with van der Waals surface area (Å²) < 4.78 is 0. The largest absolute Gasteiger partial charge is 0.507 e. The number of aromatic hydroxyl groups is 1. The number of nitriles is 1. The van der Waals surface area contributed by atoms with E-state index in [0.717, 1.165) is 5.56 Å². The third-order valence-electron chi connectivity index (χ3n) is 1.83. The van der Waals surface area contributed by atoms with Crippen LogP contribution in [-0.4, -0.2) is 16.0 Å². The van der Waals surface area contributed by atoms with Gasteiger partial charge in [-0.15, -0.1) is 0 Å². The molecule has 1 aromatic rings. The minimum Gasteiger partial charge on any atom is -0.507 e. The lowest BCUT2D eigenvalue weighted by atomic mass is 10.1. The molecule has 0 aliphatic heterocycles. The average molecular weight is 233 g/mol. The van der Waals surface area contributed by atoms with Crippen molar-refractivity contribution in [1.82, 2.24) is 0 Å². The molecule has 4 heteroatoms. The number of phenols is 1. The molecule has 1 N–H and O–H groups in total. The molecular weight excluding hydrogens is 222 g/mol. The van der Waals surface area contributed by atoms with Crippen LogP contribution < -0.4 is 0 Å². The van der Waals surface area contributed by atoms with E-state index in [1.807, 2.05) is 18.2 Å². The van der Waals surface area contributed by atoms with Crippen molar-refractivity contribution in [2.45, 2.75) is 6.92 Å². The molecule has 16 heavy (non-hydrogen) atoms. The number of benzene rings is 1. The maximum atomic E-state index is 10.7. The van der Waals surface area contributed by atoms with E-state index in [9.17, 15) is 9.90 Å². The first-order valence-electron chi connectivity index (χ1n) is 4.66. The van der Waals surface area contributed by atoms with Crippen LogP contribution in [0, 0.1) is 11.3 Å². The second kappa shape index (κ2) is 5.99. The first kappa shape index (κ1) is 12.3. The Morgan fingerprint density at radius 3 is 3.00 bits per heavy atom. The van der Waals surface area contributed by atoms with Gasteiger partial charge in [-0.25, -0.2) is 0 Å². The highest BCUT2D eigenvalue weighted by Gasteiger charge is 1.99. The fraction of sp³-hybridized carbons (Fsp3) is 0.167. The van der Waals surface area contributed by atoms with Gasteiger partial charge in [0.1, 0.15) is 11.8 Å². The van der Waals surface area contributed by atoms with Gasteiger partial charge in [-0.3, -0.25) is 4.79 Å². The second-order valence-electron chi connectivity index (χ2n) is 3.09. The molecule has 0 bridgehead atoms. The molecule has 0 radical (unpaired) electrons. The lowest BCUT2D eigenvalue weighted by molar-refractivity contribution is -0.109. The standard InChI is InChI=1S/C12H11NO2S/c1-9(14)16-6-2-3-10-4-5-12(15)11(7-10)8-13/h2-5,7,15H,6H2,1H3. The first-order chi connectivity index (χ1) is 7.63. The number of nitrogens with zero attached hydrogens (tertiary/aromatic N) is 1. The number of hydrogen-bond donors (Lipinski definition) is 1. The summed E-state index contributed by atoms with van der Waals surface area (Å²) in [5.74, 6) is 0.593. The average Bonchev–Trinajstić information content (AvgIpc) is 2.26. The maximum absolute atomic E-state index is 10.7. The minimum atomic E-state index is -0.0160. The molecular formula is C12H11NO2S. The zero-order valence-electron chi connectivity index (χ0n) is 8.80. The van der Waals surface area contributed by atoms with Crippen molar-refractivity contribution in [3.05, 3.63) is 35.4 Å². The third-order valence-corrected chi connectivity index (χ3v) is 2.60. The van der Waals surface area contributed by atoms with Gasteiger partial charge in [0.15, 0.2) is 5.12 Å². The highest BCUT2D eigenvalue weighted by Crippen LogP contribution is 2.18. The zero-order valence-corrected chi connectivity index (χ0v) is 9.62. The van der Waals surface area contributed by atoms with Crippen LogP contribution in [0.15, 0.2) is 24.3 Å². The van der Waals surface area contributed by atoms with Crippen molar-refractivity contribution in [3.8, 4) is 11.8 Å². The van der Waals surface area contributed by atoms with Crippen molar-refractivity contribution in [2.24, 2.45) is 0 Å². The van der Waals surface area contributed by atoms with E-state index in [0.29, 0.717) is 5.75 Å². The van der Waals surface area contributed by atoms with Gasteiger partial charge in [-0.2, -0.15) is 5.26 Å². The van der Waals surface area contributed by atoms with Gasteiger partial charge in [-0.05, 0) is 17.7 Å². The molecule has 0 fully saturated rings. The Balaban J connectivity index is 2.68. The summed E-state index contributed by atoms with van der Waals surface area (Å²) in [6.45, 7) is 1.52. The zero-order chi connectivity index (χ0) is 12.0. The van der Waals surface area contributed by atoms with Gasteiger partial charge >= 0.3 is 0 Å². The topological polar surface area (TPSA) is 61.1 Å². The van der Waals surface area contributed by atoms with Crippen LogP contribution in [0.1, 0.15) is 18.1 Å². The summed E-state index contributed by atoms with van der Waals surface area (Å²) in [7, 11) is 0. The molecule has 3 nitrogen and oxygen atoms in total. The molecule has 0 amide bonds. The van der Waals surface area contributed by atoms with Crippen LogP contribution in [0.2, 0.25) is 0 Å². The molecule has 0 saturated heterocycles. The number of carbonyl (C=O) groups is 1. The van der Waals surface area contributed by atoms with E-state index >= 15 is 0 Å². The van der Waals surface area contributed by atoms with E-state index in [4.69, 9.17) is 5.26 Å². The van der Waals surface area contributed by atoms with Crippen molar-refractivity contribution in [3.63, 3.8) is 0 Å². The minimum absolute atomic E-state index is 0.0160. The van der Waals surface area contributed by atoms with Crippen LogP contribution >= 0.6 is 11.8 Å². The van der Waals surface area contributed by atoms with Crippen LogP contribution in [0.25, 0.3) is 6.08 Å². The highest BCUT2D eigenvalue weighted by molar-refractivity contribution is 8.13. The summed E-state index contributed by atoms with van der Waals surface area (Å²) in [5.41, 5.74) is 1.08. The summed E-state index contributed by atoms with van der Waals surface area (Å²) >= 11 is 1.22. The molecule has 0 aliphatic carbocycles. The number of thioether (sulfide) groups is 1. The number of carbonyl (C=O) groups excluding carboxylic acids is 1. The van der Waals surface area contributed by atoms with E-state index in [-0.39, 0.29) is 16.4 Å². The van der Waals surface area contributed by atoms with Crippen LogP contribution in [0.5, 0.6) is 5.75 Å². The first-order valence-corrected chi connectivity index (χ1v) is 5.65. The van der Waals surface area contributed by atoms with Crippen LogP contribution in [-0.2, 0) is 4.79 Å². The van der Waals surface area contributed by atoms with Crippen molar-refractivity contribution < 1.29 is 9.90 Å². The molecule has 82 valence electrons. The maximum Gasteiger partial charge on any atom is 0.186 e. The highest BCUT2D eigenvalue weighted by atomic mass is 32.2. The van der Waals surface area contributed by atoms with Crippen LogP contribution in [0.3, 0.4) is 0 Å². The predicted molar refractivity (Wildman–Crippen MR) is 65.0 cm³/mol. The summed E-state index contributed by atoms with van der Waals surface area (Å²) in [6, 6.07) is 6.70. The molecule has 1 rings (SSSR count). The monoisotopic (exact) mass is 233 g/mol. The Labute approximate surface area is 98.4 Å².